The van der Waals surface area contributed by atoms with E-state index in [9.17, 15) is 4.79 Å². The van der Waals surface area contributed by atoms with E-state index >= 15 is 0 Å². The standard InChI is InChI=1S/C31H35N3O2/c1-24-12-11-17-29(25(24)2)36-23-22-34-28-16-9-8-15-27(28)33-30(34)18-7-4-10-21-32-31(35)20-19-26-13-5-3-6-14-26/h3,5-6,8-9,11-17,19-20H,4,7,10,18,21-23H2,1-2H3,(H,32,35)/b20-19+. The Hall–Kier alpha value is -3.86. The van der Waals surface area contributed by atoms with Gasteiger partial charge in [-0.25, -0.2) is 4.98 Å². The minimum absolute atomic E-state index is 0.0514. The molecule has 4 aromatic rings. The second-order valence-electron chi connectivity index (χ2n) is 9.06. The Bertz CT molecular complexity index is 1310. The number of hydrogen-bond acceptors (Lipinski definition) is 3. The van der Waals surface area contributed by atoms with E-state index in [-0.39, 0.29) is 5.91 Å². The van der Waals surface area contributed by atoms with Gasteiger partial charge in [0.1, 0.15) is 18.2 Å². The zero-order valence-corrected chi connectivity index (χ0v) is 21.2. The molecular weight excluding hydrogens is 446 g/mol. The second-order valence-corrected chi connectivity index (χ2v) is 9.06. The summed E-state index contributed by atoms with van der Waals surface area (Å²) in [7, 11) is 0. The molecule has 5 heteroatoms. The summed E-state index contributed by atoms with van der Waals surface area (Å²) in [5.74, 6) is 1.99. The number of nitrogens with one attached hydrogen (secondary N) is 1. The van der Waals surface area contributed by atoms with Crippen LogP contribution in [0.1, 0.15) is 41.8 Å². The number of fused-ring (bicyclic) bond motifs is 1. The Morgan fingerprint density at radius 2 is 1.75 bits per heavy atom. The molecule has 3 aromatic carbocycles. The third-order valence-electron chi connectivity index (χ3n) is 6.46. The predicted octanol–water partition coefficient (Wildman–Crippen LogP) is 6.27. The quantitative estimate of drug-likeness (QED) is 0.192. The van der Waals surface area contributed by atoms with Gasteiger partial charge in [-0.05, 0) is 67.7 Å². The van der Waals surface area contributed by atoms with Crippen molar-refractivity contribution in [3.8, 4) is 5.75 Å². The maximum atomic E-state index is 12.0. The van der Waals surface area contributed by atoms with Crippen LogP contribution < -0.4 is 10.1 Å². The van der Waals surface area contributed by atoms with Gasteiger partial charge >= 0.3 is 0 Å². The number of benzene rings is 3. The second kappa shape index (κ2) is 12.7. The summed E-state index contributed by atoms with van der Waals surface area (Å²) in [6, 6.07) is 24.3. The van der Waals surface area contributed by atoms with E-state index in [0.717, 1.165) is 60.4 Å². The van der Waals surface area contributed by atoms with Crippen molar-refractivity contribution in [3.05, 3.63) is 101 Å². The maximum Gasteiger partial charge on any atom is 0.243 e. The number of hydrogen-bond donors (Lipinski definition) is 1. The highest BCUT2D eigenvalue weighted by atomic mass is 16.5. The van der Waals surface area contributed by atoms with Gasteiger partial charge in [0.05, 0.1) is 17.6 Å². The first kappa shape index (κ1) is 25.2. The summed E-state index contributed by atoms with van der Waals surface area (Å²) in [6.07, 6.45) is 7.34. The van der Waals surface area contributed by atoms with Crippen LogP contribution in [0.3, 0.4) is 0 Å². The van der Waals surface area contributed by atoms with Gasteiger partial charge in [-0.1, -0.05) is 61.0 Å². The summed E-state index contributed by atoms with van der Waals surface area (Å²) in [5.41, 5.74) is 5.63. The molecule has 0 saturated carbocycles. The fraction of sp³-hybridized carbons (Fsp3) is 0.290. The zero-order valence-electron chi connectivity index (χ0n) is 21.2. The van der Waals surface area contributed by atoms with Crippen molar-refractivity contribution in [2.45, 2.75) is 46.1 Å². The van der Waals surface area contributed by atoms with Gasteiger partial charge in [0.25, 0.3) is 0 Å². The van der Waals surface area contributed by atoms with Crippen molar-refractivity contribution in [1.29, 1.82) is 0 Å². The first-order valence-corrected chi connectivity index (χ1v) is 12.8. The SMILES string of the molecule is Cc1cccc(OCCn2c(CCCCCNC(=O)/C=C/c3ccccc3)nc3ccccc32)c1C. The molecule has 4 rings (SSSR count). The van der Waals surface area contributed by atoms with E-state index in [4.69, 9.17) is 9.72 Å². The van der Waals surface area contributed by atoms with Crippen molar-refractivity contribution >= 4 is 23.0 Å². The molecule has 1 amide bonds. The fourth-order valence-electron chi connectivity index (χ4n) is 4.28. The molecular formula is C31H35N3O2. The molecule has 36 heavy (non-hydrogen) atoms. The van der Waals surface area contributed by atoms with E-state index in [0.29, 0.717) is 13.2 Å². The van der Waals surface area contributed by atoms with Crippen LogP contribution >= 0.6 is 0 Å². The third kappa shape index (κ3) is 6.85. The molecule has 0 fully saturated rings. The van der Waals surface area contributed by atoms with Crippen molar-refractivity contribution in [1.82, 2.24) is 14.9 Å². The number of aromatic nitrogens is 2. The molecule has 1 heterocycles. The Morgan fingerprint density at radius 1 is 0.944 bits per heavy atom. The highest BCUT2D eigenvalue weighted by Gasteiger charge is 2.11. The number of ether oxygens (including phenoxy) is 1. The van der Waals surface area contributed by atoms with Gasteiger partial charge < -0.3 is 14.6 Å². The molecule has 186 valence electrons. The molecule has 0 aliphatic heterocycles. The molecule has 0 aliphatic carbocycles. The Labute approximate surface area is 213 Å². The molecule has 0 spiro atoms. The third-order valence-corrected chi connectivity index (χ3v) is 6.46. The van der Waals surface area contributed by atoms with E-state index in [1.807, 2.05) is 54.6 Å². The Kier molecular flexibility index (Phi) is 8.92. The first-order chi connectivity index (χ1) is 17.6. The molecule has 0 saturated heterocycles. The number of unbranched alkanes of at least 4 members (excludes halogenated alkanes) is 2. The van der Waals surface area contributed by atoms with Crippen molar-refractivity contribution in [3.63, 3.8) is 0 Å². The number of para-hydroxylation sites is 2. The monoisotopic (exact) mass is 481 g/mol. The Balaban J connectivity index is 1.25. The van der Waals surface area contributed by atoms with Crippen LogP contribution in [0, 0.1) is 13.8 Å². The van der Waals surface area contributed by atoms with E-state index in [2.05, 4.69) is 48.0 Å². The van der Waals surface area contributed by atoms with Gasteiger partial charge in [-0.3, -0.25) is 4.79 Å². The Morgan fingerprint density at radius 3 is 2.61 bits per heavy atom. The minimum Gasteiger partial charge on any atom is -0.491 e. The average molecular weight is 482 g/mol. The summed E-state index contributed by atoms with van der Waals surface area (Å²) in [6.45, 7) is 6.24. The molecule has 0 radical (unpaired) electrons. The van der Waals surface area contributed by atoms with Crippen LogP contribution in [0.4, 0.5) is 0 Å². The van der Waals surface area contributed by atoms with E-state index in [1.54, 1.807) is 6.08 Å². The highest BCUT2D eigenvalue weighted by Crippen LogP contribution is 2.22. The van der Waals surface area contributed by atoms with Gasteiger partial charge in [0, 0.05) is 19.0 Å². The lowest BCUT2D eigenvalue weighted by atomic mass is 10.1. The summed E-state index contributed by atoms with van der Waals surface area (Å²) < 4.78 is 8.42. The molecule has 1 N–H and O–H groups in total. The van der Waals surface area contributed by atoms with Crippen LogP contribution in [0.15, 0.2) is 78.9 Å². The number of rotatable bonds is 12. The molecule has 5 nitrogen and oxygen atoms in total. The number of nitrogens with zero attached hydrogens (tertiary/aromatic N) is 2. The largest absolute Gasteiger partial charge is 0.491 e. The molecule has 0 unspecified atom stereocenters. The van der Waals surface area contributed by atoms with E-state index < -0.39 is 0 Å². The van der Waals surface area contributed by atoms with Gasteiger partial charge in [-0.2, -0.15) is 0 Å². The number of imidazole rings is 1. The first-order valence-electron chi connectivity index (χ1n) is 12.8. The minimum atomic E-state index is -0.0514. The van der Waals surface area contributed by atoms with Crippen LogP contribution in [-0.2, 0) is 17.8 Å². The topological polar surface area (TPSA) is 56.1 Å². The van der Waals surface area contributed by atoms with Crippen LogP contribution in [0.25, 0.3) is 17.1 Å². The van der Waals surface area contributed by atoms with Crippen LogP contribution in [0.5, 0.6) is 5.75 Å². The average Bonchev–Trinajstić information content (AvgIpc) is 3.25. The number of carbonyl (C=O) groups is 1. The van der Waals surface area contributed by atoms with Crippen molar-refractivity contribution < 1.29 is 9.53 Å². The van der Waals surface area contributed by atoms with Gasteiger partial charge in [-0.15, -0.1) is 0 Å². The van der Waals surface area contributed by atoms with Crippen molar-refractivity contribution in [2.24, 2.45) is 0 Å². The summed E-state index contributed by atoms with van der Waals surface area (Å²) in [4.78, 5) is 16.9. The van der Waals surface area contributed by atoms with E-state index in [1.165, 1.54) is 11.1 Å². The van der Waals surface area contributed by atoms with Gasteiger partial charge in [0.2, 0.25) is 5.91 Å². The lowest BCUT2D eigenvalue weighted by molar-refractivity contribution is -0.116. The number of amides is 1. The summed E-state index contributed by atoms with van der Waals surface area (Å²) >= 11 is 0. The maximum absolute atomic E-state index is 12.0. The van der Waals surface area contributed by atoms with Crippen LogP contribution in [-0.4, -0.2) is 28.6 Å². The molecule has 0 atom stereocenters. The lowest BCUT2D eigenvalue weighted by Crippen LogP contribution is -2.22. The summed E-state index contributed by atoms with van der Waals surface area (Å²) in [5, 5.41) is 2.97. The predicted molar refractivity (Wildman–Crippen MR) is 147 cm³/mol. The number of carbonyl (C=O) groups excluding carboxylic acids is 1. The smallest absolute Gasteiger partial charge is 0.243 e. The zero-order chi connectivity index (χ0) is 25.2. The highest BCUT2D eigenvalue weighted by molar-refractivity contribution is 5.91. The van der Waals surface area contributed by atoms with Crippen LogP contribution in [0.2, 0.25) is 0 Å². The van der Waals surface area contributed by atoms with Crippen molar-refractivity contribution in [2.75, 3.05) is 13.2 Å². The lowest BCUT2D eigenvalue weighted by Gasteiger charge is -2.13. The molecule has 0 bridgehead atoms. The molecule has 1 aromatic heterocycles. The normalized spacial score (nSPS) is 11.3. The fourth-order valence-corrected chi connectivity index (χ4v) is 4.28. The number of aryl methyl sites for hydroxylation is 2. The van der Waals surface area contributed by atoms with Gasteiger partial charge in [0.15, 0.2) is 0 Å². The molecule has 0 aliphatic rings.